The summed E-state index contributed by atoms with van der Waals surface area (Å²) in [5, 5.41) is 1.12. The molecular formula is C25H24N2O3. The average Bonchev–Trinajstić information content (AvgIpc) is 3.09. The summed E-state index contributed by atoms with van der Waals surface area (Å²) in [6, 6.07) is 25.5. The van der Waals surface area contributed by atoms with Crippen molar-refractivity contribution in [3.63, 3.8) is 0 Å². The average molecular weight is 400 g/mol. The molecule has 1 unspecified atom stereocenters. The van der Waals surface area contributed by atoms with Crippen molar-refractivity contribution >= 4 is 16.9 Å². The van der Waals surface area contributed by atoms with Crippen LogP contribution in [0.1, 0.15) is 17.5 Å². The lowest BCUT2D eigenvalue weighted by Crippen LogP contribution is -2.30. The molecule has 0 aliphatic carbocycles. The number of hydrogen-bond acceptors (Lipinski definition) is 4. The minimum Gasteiger partial charge on any atom is -0.475 e. The van der Waals surface area contributed by atoms with Gasteiger partial charge in [0.2, 0.25) is 0 Å². The first-order chi connectivity index (χ1) is 14.6. The van der Waals surface area contributed by atoms with Crippen LogP contribution in [0.2, 0.25) is 0 Å². The third-order valence-electron chi connectivity index (χ3n) is 4.99. The molecule has 0 aliphatic heterocycles. The number of aryl methyl sites for hydroxylation is 1. The second-order valence-electron chi connectivity index (χ2n) is 7.21. The van der Waals surface area contributed by atoms with Gasteiger partial charge in [0.25, 0.3) is 0 Å². The molecule has 0 saturated heterocycles. The van der Waals surface area contributed by atoms with Crippen LogP contribution in [0.5, 0.6) is 5.75 Å². The van der Waals surface area contributed by atoms with E-state index in [1.807, 2.05) is 66.7 Å². The zero-order valence-electron chi connectivity index (χ0n) is 16.8. The van der Waals surface area contributed by atoms with Crippen LogP contribution in [0.25, 0.3) is 22.2 Å². The molecule has 30 heavy (non-hydrogen) atoms. The molecule has 4 rings (SSSR count). The Kier molecular flexibility index (Phi) is 5.82. The Morgan fingerprint density at radius 2 is 1.70 bits per heavy atom. The van der Waals surface area contributed by atoms with E-state index in [-0.39, 0.29) is 13.0 Å². The van der Waals surface area contributed by atoms with Crippen LogP contribution < -0.4 is 10.5 Å². The Labute approximate surface area is 175 Å². The maximum Gasteiger partial charge on any atom is 0.311 e. The summed E-state index contributed by atoms with van der Waals surface area (Å²) in [5.74, 6) is 0.209. The SMILES string of the molecule is Cc1c(-c2ccccc2)[nH]c2cc(OC(N)CC(=O)OCc3ccccc3)ccc12. The summed E-state index contributed by atoms with van der Waals surface area (Å²) in [7, 11) is 0. The van der Waals surface area contributed by atoms with Crippen molar-refractivity contribution in [2.24, 2.45) is 5.73 Å². The maximum absolute atomic E-state index is 12.0. The number of aromatic amines is 1. The van der Waals surface area contributed by atoms with Gasteiger partial charge in [0.15, 0.2) is 6.23 Å². The van der Waals surface area contributed by atoms with Gasteiger partial charge >= 0.3 is 5.97 Å². The molecule has 4 aromatic rings. The third kappa shape index (κ3) is 4.53. The molecule has 0 amide bonds. The molecule has 5 heteroatoms. The molecule has 3 aromatic carbocycles. The van der Waals surface area contributed by atoms with Crippen LogP contribution in [-0.4, -0.2) is 17.2 Å². The van der Waals surface area contributed by atoms with Gasteiger partial charge in [0.05, 0.1) is 6.42 Å². The quantitative estimate of drug-likeness (QED) is 0.340. The maximum atomic E-state index is 12.0. The van der Waals surface area contributed by atoms with Crippen molar-refractivity contribution in [3.05, 3.63) is 90.0 Å². The van der Waals surface area contributed by atoms with Crippen molar-refractivity contribution in [2.45, 2.75) is 26.2 Å². The van der Waals surface area contributed by atoms with Gasteiger partial charge in [-0.25, -0.2) is 0 Å². The molecule has 0 bridgehead atoms. The lowest BCUT2D eigenvalue weighted by molar-refractivity contribution is -0.146. The van der Waals surface area contributed by atoms with Crippen molar-refractivity contribution in [1.82, 2.24) is 4.98 Å². The van der Waals surface area contributed by atoms with E-state index >= 15 is 0 Å². The number of aromatic nitrogens is 1. The zero-order chi connectivity index (χ0) is 20.9. The predicted octanol–water partition coefficient (Wildman–Crippen LogP) is 4.94. The molecule has 3 N–H and O–H groups in total. The molecule has 0 radical (unpaired) electrons. The highest BCUT2D eigenvalue weighted by Gasteiger charge is 2.14. The molecule has 0 aliphatic rings. The number of carbonyl (C=O) groups is 1. The standard InChI is InChI=1S/C25H24N2O3/c1-17-21-13-12-20(14-22(21)27-25(17)19-10-6-3-7-11-19)30-23(26)15-24(28)29-16-18-8-4-2-5-9-18/h2-14,23,27H,15-16,26H2,1H3. The van der Waals surface area contributed by atoms with E-state index in [0.717, 1.165) is 27.7 Å². The summed E-state index contributed by atoms with van der Waals surface area (Å²) >= 11 is 0. The number of carbonyl (C=O) groups excluding carboxylic acids is 1. The Bertz CT molecular complexity index is 1140. The number of rotatable bonds is 7. The number of hydrogen-bond donors (Lipinski definition) is 2. The molecule has 0 fully saturated rings. The third-order valence-corrected chi connectivity index (χ3v) is 4.99. The van der Waals surface area contributed by atoms with Gasteiger partial charge in [0, 0.05) is 22.7 Å². The normalized spacial score (nSPS) is 11.9. The lowest BCUT2D eigenvalue weighted by Gasteiger charge is -2.14. The molecule has 152 valence electrons. The summed E-state index contributed by atoms with van der Waals surface area (Å²) in [4.78, 5) is 15.5. The second kappa shape index (κ2) is 8.84. The van der Waals surface area contributed by atoms with Crippen LogP contribution in [0, 0.1) is 6.92 Å². The molecule has 5 nitrogen and oxygen atoms in total. The van der Waals surface area contributed by atoms with Crippen molar-refractivity contribution in [1.29, 1.82) is 0 Å². The highest BCUT2D eigenvalue weighted by atomic mass is 16.5. The molecule has 0 spiro atoms. The van der Waals surface area contributed by atoms with Crippen molar-refractivity contribution in [3.8, 4) is 17.0 Å². The first kappa shape index (κ1) is 19.7. The van der Waals surface area contributed by atoms with Crippen LogP contribution in [0.4, 0.5) is 0 Å². The smallest absolute Gasteiger partial charge is 0.311 e. The van der Waals surface area contributed by atoms with Gasteiger partial charge in [-0.3, -0.25) is 10.5 Å². The first-order valence-electron chi connectivity index (χ1n) is 9.89. The number of fused-ring (bicyclic) bond motifs is 1. The fourth-order valence-electron chi connectivity index (χ4n) is 3.46. The van der Waals surface area contributed by atoms with E-state index in [4.69, 9.17) is 15.2 Å². The Morgan fingerprint density at radius 3 is 2.43 bits per heavy atom. The van der Waals surface area contributed by atoms with Crippen LogP contribution in [0.15, 0.2) is 78.9 Å². The number of esters is 1. The van der Waals surface area contributed by atoms with E-state index in [1.165, 1.54) is 5.56 Å². The van der Waals surface area contributed by atoms with Crippen LogP contribution >= 0.6 is 0 Å². The largest absolute Gasteiger partial charge is 0.475 e. The number of nitrogens with one attached hydrogen (secondary N) is 1. The van der Waals surface area contributed by atoms with E-state index < -0.39 is 12.2 Å². The minimum absolute atomic E-state index is 0.0239. The molecule has 1 aromatic heterocycles. The fraction of sp³-hybridized carbons (Fsp3) is 0.160. The molecular weight excluding hydrogens is 376 g/mol. The zero-order valence-corrected chi connectivity index (χ0v) is 16.8. The Hall–Kier alpha value is -3.57. The predicted molar refractivity (Wildman–Crippen MR) is 118 cm³/mol. The summed E-state index contributed by atoms with van der Waals surface area (Å²) in [6.07, 6.45) is -0.806. The molecule has 0 saturated carbocycles. The van der Waals surface area contributed by atoms with Gasteiger partial charge in [0.1, 0.15) is 12.4 Å². The fourth-order valence-corrected chi connectivity index (χ4v) is 3.46. The van der Waals surface area contributed by atoms with E-state index in [0.29, 0.717) is 5.75 Å². The minimum atomic E-state index is -0.782. The highest BCUT2D eigenvalue weighted by Crippen LogP contribution is 2.31. The van der Waals surface area contributed by atoms with Gasteiger partial charge < -0.3 is 14.5 Å². The van der Waals surface area contributed by atoms with Gasteiger partial charge in [-0.2, -0.15) is 0 Å². The molecule has 1 atom stereocenters. The monoisotopic (exact) mass is 400 g/mol. The Balaban J connectivity index is 1.40. The lowest BCUT2D eigenvalue weighted by atomic mass is 10.1. The summed E-state index contributed by atoms with van der Waals surface area (Å²) in [6.45, 7) is 2.32. The highest BCUT2D eigenvalue weighted by molar-refractivity contribution is 5.91. The summed E-state index contributed by atoms with van der Waals surface area (Å²) in [5.41, 5.74) is 11.3. The van der Waals surface area contributed by atoms with Gasteiger partial charge in [-0.15, -0.1) is 0 Å². The molecule has 1 heterocycles. The number of H-pyrrole nitrogens is 1. The van der Waals surface area contributed by atoms with E-state index in [9.17, 15) is 4.79 Å². The first-order valence-corrected chi connectivity index (χ1v) is 9.89. The number of ether oxygens (including phenoxy) is 2. The number of benzene rings is 3. The second-order valence-corrected chi connectivity index (χ2v) is 7.21. The summed E-state index contributed by atoms with van der Waals surface area (Å²) < 4.78 is 11.0. The van der Waals surface area contributed by atoms with Crippen LogP contribution in [0.3, 0.4) is 0 Å². The van der Waals surface area contributed by atoms with Gasteiger partial charge in [-0.1, -0.05) is 60.7 Å². The van der Waals surface area contributed by atoms with Gasteiger partial charge in [-0.05, 0) is 35.7 Å². The number of nitrogens with two attached hydrogens (primary N) is 1. The topological polar surface area (TPSA) is 77.3 Å². The van der Waals surface area contributed by atoms with E-state index in [1.54, 1.807) is 0 Å². The van der Waals surface area contributed by atoms with Crippen molar-refractivity contribution in [2.75, 3.05) is 0 Å². The van der Waals surface area contributed by atoms with Crippen LogP contribution in [-0.2, 0) is 16.1 Å². The Morgan fingerprint density at radius 1 is 1.00 bits per heavy atom. The van der Waals surface area contributed by atoms with E-state index in [2.05, 4.69) is 24.0 Å². The van der Waals surface area contributed by atoms with Crippen molar-refractivity contribution < 1.29 is 14.3 Å².